The summed E-state index contributed by atoms with van der Waals surface area (Å²) < 4.78 is 18.7. The van der Waals surface area contributed by atoms with Gasteiger partial charge >= 0.3 is 0 Å². The van der Waals surface area contributed by atoms with Crippen LogP contribution in [0.5, 0.6) is 5.75 Å². The Bertz CT molecular complexity index is 404. The van der Waals surface area contributed by atoms with E-state index in [-0.39, 0.29) is 16.7 Å². The maximum absolute atomic E-state index is 13.0. The third kappa shape index (κ3) is 6.79. The van der Waals surface area contributed by atoms with Crippen LogP contribution in [0.4, 0.5) is 4.39 Å². The Kier molecular flexibility index (Phi) is 6.08. The lowest BCUT2D eigenvalue weighted by Crippen LogP contribution is -2.36. The lowest BCUT2D eigenvalue weighted by molar-refractivity contribution is 0.205. The van der Waals surface area contributed by atoms with Crippen molar-refractivity contribution in [2.24, 2.45) is 0 Å². The number of ether oxygens (including phenoxy) is 1. The molecule has 1 atom stereocenters. The first-order valence-corrected chi connectivity index (χ1v) is 7.02. The fraction of sp³-hybridized carbons (Fsp3) is 0.600. The summed E-state index contributed by atoms with van der Waals surface area (Å²) in [7, 11) is 0. The predicted octanol–water partition coefficient (Wildman–Crippen LogP) is 4.41. The standard InChI is InChI=1S/C15H23ClFNO/c1-11(6-5-9-18-15(2,3)4)19-12-7-8-14(17)13(16)10-12/h7-8,10-11,18H,5-6,9H2,1-4H3. The van der Waals surface area contributed by atoms with Gasteiger partial charge in [0.25, 0.3) is 0 Å². The van der Waals surface area contributed by atoms with Crippen LogP contribution in [-0.2, 0) is 0 Å². The summed E-state index contributed by atoms with van der Waals surface area (Å²) >= 11 is 5.71. The van der Waals surface area contributed by atoms with E-state index in [0.29, 0.717) is 5.75 Å². The first-order valence-electron chi connectivity index (χ1n) is 6.64. The largest absolute Gasteiger partial charge is 0.491 e. The number of halogens is 2. The number of benzene rings is 1. The SMILES string of the molecule is CC(CCCNC(C)(C)C)Oc1ccc(F)c(Cl)c1. The van der Waals surface area contributed by atoms with Gasteiger partial charge in [-0.1, -0.05) is 11.6 Å². The van der Waals surface area contributed by atoms with Crippen LogP contribution in [0.15, 0.2) is 18.2 Å². The molecule has 2 nitrogen and oxygen atoms in total. The quantitative estimate of drug-likeness (QED) is 0.782. The normalized spacial score (nSPS) is 13.4. The molecule has 0 saturated heterocycles. The number of hydrogen-bond donors (Lipinski definition) is 1. The molecular formula is C15H23ClFNO. The maximum atomic E-state index is 13.0. The molecule has 1 aromatic rings. The van der Waals surface area contributed by atoms with Crippen molar-refractivity contribution in [1.82, 2.24) is 5.32 Å². The first kappa shape index (κ1) is 16.3. The van der Waals surface area contributed by atoms with E-state index in [1.165, 1.54) is 12.1 Å². The molecule has 0 aliphatic heterocycles. The van der Waals surface area contributed by atoms with Crippen LogP contribution in [0.25, 0.3) is 0 Å². The first-order chi connectivity index (χ1) is 8.78. The van der Waals surface area contributed by atoms with Crippen molar-refractivity contribution in [3.8, 4) is 5.75 Å². The summed E-state index contributed by atoms with van der Waals surface area (Å²) in [5.74, 6) is 0.193. The fourth-order valence-corrected chi connectivity index (χ4v) is 1.86. The molecule has 1 rings (SSSR count). The molecular weight excluding hydrogens is 265 g/mol. The molecule has 0 amide bonds. The molecule has 1 N–H and O–H groups in total. The third-order valence-corrected chi connectivity index (χ3v) is 2.96. The fourth-order valence-electron chi connectivity index (χ4n) is 1.69. The van der Waals surface area contributed by atoms with Gasteiger partial charge in [0, 0.05) is 11.6 Å². The van der Waals surface area contributed by atoms with Crippen molar-refractivity contribution < 1.29 is 9.13 Å². The second kappa shape index (κ2) is 7.11. The minimum atomic E-state index is -0.420. The zero-order valence-corrected chi connectivity index (χ0v) is 12.9. The van der Waals surface area contributed by atoms with Gasteiger partial charge in [0.15, 0.2) is 0 Å². The molecule has 0 aromatic heterocycles. The second-order valence-corrected chi connectivity index (χ2v) is 6.23. The van der Waals surface area contributed by atoms with Crippen molar-refractivity contribution >= 4 is 11.6 Å². The van der Waals surface area contributed by atoms with E-state index in [9.17, 15) is 4.39 Å². The van der Waals surface area contributed by atoms with Gasteiger partial charge in [-0.2, -0.15) is 0 Å². The third-order valence-electron chi connectivity index (χ3n) is 2.67. The van der Waals surface area contributed by atoms with E-state index >= 15 is 0 Å². The molecule has 0 saturated carbocycles. The molecule has 0 fully saturated rings. The molecule has 19 heavy (non-hydrogen) atoms. The van der Waals surface area contributed by atoms with Gasteiger partial charge in [0.2, 0.25) is 0 Å². The van der Waals surface area contributed by atoms with Crippen LogP contribution in [0, 0.1) is 5.82 Å². The zero-order chi connectivity index (χ0) is 14.5. The van der Waals surface area contributed by atoms with Gasteiger partial charge in [0.05, 0.1) is 11.1 Å². The van der Waals surface area contributed by atoms with Gasteiger partial charge in [-0.05, 0) is 59.2 Å². The highest BCUT2D eigenvalue weighted by Crippen LogP contribution is 2.22. The van der Waals surface area contributed by atoms with Crippen molar-refractivity contribution in [2.75, 3.05) is 6.54 Å². The summed E-state index contributed by atoms with van der Waals surface area (Å²) in [6.07, 6.45) is 2.06. The smallest absolute Gasteiger partial charge is 0.142 e. The highest BCUT2D eigenvalue weighted by Gasteiger charge is 2.09. The van der Waals surface area contributed by atoms with Gasteiger partial charge in [-0.15, -0.1) is 0 Å². The lowest BCUT2D eigenvalue weighted by Gasteiger charge is -2.21. The molecule has 0 aliphatic carbocycles. The van der Waals surface area contributed by atoms with Gasteiger partial charge in [-0.3, -0.25) is 0 Å². The zero-order valence-electron chi connectivity index (χ0n) is 12.1. The monoisotopic (exact) mass is 287 g/mol. The average molecular weight is 288 g/mol. The molecule has 1 unspecified atom stereocenters. The Labute approximate surface area is 120 Å². The van der Waals surface area contributed by atoms with E-state index in [1.54, 1.807) is 6.07 Å². The molecule has 108 valence electrons. The number of nitrogens with one attached hydrogen (secondary N) is 1. The van der Waals surface area contributed by atoms with Gasteiger partial charge < -0.3 is 10.1 Å². The molecule has 4 heteroatoms. The van der Waals surface area contributed by atoms with Crippen LogP contribution < -0.4 is 10.1 Å². The molecule has 1 aromatic carbocycles. The van der Waals surface area contributed by atoms with Gasteiger partial charge in [0.1, 0.15) is 11.6 Å². The Morgan fingerprint density at radius 3 is 2.63 bits per heavy atom. The van der Waals surface area contributed by atoms with Crippen LogP contribution >= 0.6 is 11.6 Å². The topological polar surface area (TPSA) is 21.3 Å². The number of hydrogen-bond acceptors (Lipinski definition) is 2. The molecule has 0 aliphatic rings. The Balaban J connectivity index is 2.31. The van der Waals surface area contributed by atoms with Gasteiger partial charge in [-0.25, -0.2) is 4.39 Å². The number of rotatable bonds is 6. The molecule has 0 bridgehead atoms. The van der Waals surface area contributed by atoms with E-state index in [4.69, 9.17) is 16.3 Å². The summed E-state index contributed by atoms with van der Waals surface area (Å²) in [5, 5.41) is 3.53. The van der Waals surface area contributed by atoms with E-state index < -0.39 is 5.82 Å². The van der Waals surface area contributed by atoms with Crippen molar-refractivity contribution in [1.29, 1.82) is 0 Å². The van der Waals surface area contributed by atoms with E-state index in [0.717, 1.165) is 19.4 Å². The van der Waals surface area contributed by atoms with Crippen LogP contribution in [0.2, 0.25) is 5.02 Å². The molecule has 0 radical (unpaired) electrons. The minimum absolute atomic E-state index is 0.0864. The molecule has 0 spiro atoms. The summed E-state index contributed by atoms with van der Waals surface area (Å²) in [6.45, 7) is 9.41. The van der Waals surface area contributed by atoms with E-state index in [1.807, 2.05) is 6.92 Å². The Morgan fingerprint density at radius 1 is 1.37 bits per heavy atom. The minimum Gasteiger partial charge on any atom is -0.491 e. The highest BCUT2D eigenvalue weighted by atomic mass is 35.5. The predicted molar refractivity (Wildman–Crippen MR) is 78.5 cm³/mol. The van der Waals surface area contributed by atoms with Crippen molar-refractivity contribution in [3.63, 3.8) is 0 Å². The van der Waals surface area contributed by atoms with Crippen LogP contribution in [0.1, 0.15) is 40.5 Å². The molecule has 0 heterocycles. The summed E-state index contributed by atoms with van der Waals surface area (Å²) in [5.41, 5.74) is 0.147. The second-order valence-electron chi connectivity index (χ2n) is 5.82. The lowest BCUT2D eigenvalue weighted by atomic mass is 10.1. The summed E-state index contributed by atoms with van der Waals surface area (Å²) in [4.78, 5) is 0. The van der Waals surface area contributed by atoms with E-state index in [2.05, 4.69) is 26.1 Å². The van der Waals surface area contributed by atoms with Crippen LogP contribution in [0.3, 0.4) is 0 Å². The Hall–Kier alpha value is -0.800. The Morgan fingerprint density at radius 2 is 2.05 bits per heavy atom. The maximum Gasteiger partial charge on any atom is 0.142 e. The van der Waals surface area contributed by atoms with Crippen molar-refractivity contribution in [3.05, 3.63) is 29.0 Å². The van der Waals surface area contributed by atoms with Crippen LogP contribution in [-0.4, -0.2) is 18.2 Å². The summed E-state index contributed by atoms with van der Waals surface area (Å²) in [6, 6.07) is 4.44. The average Bonchev–Trinajstić information content (AvgIpc) is 2.28. The van der Waals surface area contributed by atoms with Crippen molar-refractivity contribution in [2.45, 2.75) is 52.2 Å². The highest BCUT2D eigenvalue weighted by molar-refractivity contribution is 6.30.